The van der Waals surface area contributed by atoms with Gasteiger partial charge in [0.1, 0.15) is 0 Å². The van der Waals surface area contributed by atoms with Crippen molar-refractivity contribution in [1.29, 1.82) is 0 Å². The quantitative estimate of drug-likeness (QED) is 0.857. The second-order valence-electron chi connectivity index (χ2n) is 7.48. The SMILES string of the molecule is CCN1C[C@]2(CCCN(c3nnc(C4CCC4)o3)C2)CCC1=O. The molecule has 1 aliphatic carbocycles. The number of carbonyl (C=O) groups is 1. The van der Waals surface area contributed by atoms with Gasteiger partial charge in [0, 0.05) is 43.9 Å². The first-order chi connectivity index (χ1) is 11.2. The third-order valence-corrected chi connectivity index (χ3v) is 5.95. The van der Waals surface area contributed by atoms with Crippen molar-refractivity contribution in [3.05, 3.63) is 5.89 Å². The standard InChI is InChI=1S/C17H26N4O2/c1-2-20-11-17(9-7-14(20)22)8-4-10-21(12-17)16-19-18-15(23-16)13-5-3-6-13/h13H,2-12H2,1H3/t17-/m0/s1. The lowest BCUT2D eigenvalue weighted by molar-refractivity contribution is -0.137. The zero-order valence-electron chi connectivity index (χ0n) is 14.0. The first-order valence-corrected chi connectivity index (χ1v) is 9.05. The summed E-state index contributed by atoms with van der Waals surface area (Å²) in [5.41, 5.74) is 0.202. The third-order valence-electron chi connectivity index (χ3n) is 5.95. The van der Waals surface area contributed by atoms with E-state index in [9.17, 15) is 4.79 Å². The van der Waals surface area contributed by atoms with Crippen LogP contribution in [0.25, 0.3) is 0 Å². The Morgan fingerprint density at radius 1 is 1.22 bits per heavy atom. The molecule has 3 aliphatic rings. The number of hydrogen-bond donors (Lipinski definition) is 0. The number of piperidine rings is 2. The summed E-state index contributed by atoms with van der Waals surface area (Å²) in [4.78, 5) is 16.3. The molecule has 0 bridgehead atoms. The molecule has 6 nitrogen and oxygen atoms in total. The summed E-state index contributed by atoms with van der Waals surface area (Å²) in [5.74, 6) is 1.61. The van der Waals surface area contributed by atoms with Crippen LogP contribution in [0.1, 0.15) is 63.7 Å². The van der Waals surface area contributed by atoms with Gasteiger partial charge in [-0.25, -0.2) is 0 Å². The van der Waals surface area contributed by atoms with E-state index in [1.165, 1.54) is 25.7 Å². The Labute approximate surface area is 137 Å². The monoisotopic (exact) mass is 318 g/mol. The van der Waals surface area contributed by atoms with Crippen LogP contribution in [0.5, 0.6) is 0 Å². The Kier molecular flexibility index (Phi) is 3.77. The highest BCUT2D eigenvalue weighted by Gasteiger charge is 2.42. The molecule has 0 radical (unpaired) electrons. The number of amides is 1. The lowest BCUT2D eigenvalue weighted by Crippen LogP contribution is -2.54. The Morgan fingerprint density at radius 3 is 2.83 bits per heavy atom. The van der Waals surface area contributed by atoms with Crippen LogP contribution in [0.15, 0.2) is 4.42 Å². The van der Waals surface area contributed by atoms with Crippen LogP contribution in [-0.4, -0.2) is 47.2 Å². The molecule has 1 spiro atoms. The Hall–Kier alpha value is -1.59. The molecular formula is C17H26N4O2. The number of nitrogens with zero attached hydrogens (tertiary/aromatic N) is 4. The fourth-order valence-corrected chi connectivity index (χ4v) is 4.27. The average Bonchev–Trinajstić information content (AvgIpc) is 2.98. The summed E-state index contributed by atoms with van der Waals surface area (Å²) in [5, 5.41) is 8.57. The molecule has 1 saturated carbocycles. The van der Waals surface area contributed by atoms with Crippen molar-refractivity contribution in [2.24, 2.45) is 5.41 Å². The maximum Gasteiger partial charge on any atom is 0.318 e. The van der Waals surface area contributed by atoms with Gasteiger partial charge in [-0.1, -0.05) is 11.5 Å². The normalized spacial score (nSPS) is 29.2. The molecule has 126 valence electrons. The number of carbonyl (C=O) groups excluding carboxylic acids is 1. The Morgan fingerprint density at radius 2 is 2.09 bits per heavy atom. The van der Waals surface area contributed by atoms with Gasteiger partial charge in [-0.05, 0) is 39.0 Å². The second kappa shape index (κ2) is 5.80. The minimum absolute atomic E-state index is 0.202. The van der Waals surface area contributed by atoms with Gasteiger partial charge in [-0.3, -0.25) is 4.79 Å². The van der Waals surface area contributed by atoms with E-state index in [2.05, 4.69) is 22.0 Å². The van der Waals surface area contributed by atoms with Crippen LogP contribution < -0.4 is 4.90 Å². The largest absolute Gasteiger partial charge is 0.408 e. The molecule has 23 heavy (non-hydrogen) atoms. The summed E-state index contributed by atoms with van der Waals surface area (Å²) in [6.07, 6.45) is 7.62. The van der Waals surface area contributed by atoms with Gasteiger partial charge in [0.15, 0.2) is 0 Å². The van der Waals surface area contributed by atoms with E-state index in [1.54, 1.807) is 0 Å². The van der Waals surface area contributed by atoms with Crippen LogP contribution in [0.2, 0.25) is 0 Å². The zero-order chi connectivity index (χ0) is 15.9. The van der Waals surface area contributed by atoms with E-state index in [0.717, 1.165) is 44.9 Å². The molecule has 0 aromatic carbocycles. The number of aromatic nitrogens is 2. The van der Waals surface area contributed by atoms with Crippen molar-refractivity contribution >= 4 is 11.9 Å². The van der Waals surface area contributed by atoms with Crippen LogP contribution in [-0.2, 0) is 4.79 Å². The Bertz CT molecular complexity index is 583. The lowest BCUT2D eigenvalue weighted by Gasteiger charge is -2.47. The van der Waals surface area contributed by atoms with Crippen molar-refractivity contribution in [3.63, 3.8) is 0 Å². The van der Waals surface area contributed by atoms with Crippen LogP contribution in [0.3, 0.4) is 0 Å². The summed E-state index contributed by atoms with van der Waals surface area (Å²) in [6.45, 7) is 5.67. The van der Waals surface area contributed by atoms with E-state index in [1.807, 2.05) is 4.90 Å². The first-order valence-electron chi connectivity index (χ1n) is 9.05. The average molecular weight is 318 g/mol. The van der Waals surface area contributed by atoms with E-state index in [4.69, 9.17) is 4.42 Å². The molecule has 3 heterocycles. The summed E-state index contributed by atoms with van der Waals surface area (Å²) in [6, 6.07) is 0.686. The molecule has 1 aromatic heterocycles. The molecule has 0 unspecified atom stereocenters. The topological polar surface area (TPSA) is 62.5 Å². The predicted octanol–water partition coefficient (Wildman–Crippen LogP) is 2.57. The number of likely N-dealkylation sites (tertiary alicyclic amines) is 1. The molecule has 1 amide bonds. The van der Waals surface area contributed by atoms with E-state index in [-0.39, 0.29) is 5.41 Å². The molecule has 0 N–H and O–H groups in total. The van der Waals surface area contributed by atoms with Crippen LogP contribution in [0, 0.1) is 5.41 Å². The first kappa shape index (κ1) is 15.0. The van der Waals surface area contributed by atoms with Crippen molar-refractivity contribution in [1.82, 2.24) is 15.1 Å². The van der Waals surface area contributed by atoms with Gasteiger partial charge in [-0.15, -0.1) is 5.10 Å². The molecule has 4 rings (SSSR count). The van der Waals surface area contributed by atoms with Gasteiger partial charge in [0.05, 0.1) is 0 Å². The van der Waals surface area contributed by atoms with Crippen molar-refractivity contribution in [3.8, 4) is 0 Å². The van der Waals surface area contributed by atoms with E-state index < -0.39 is 0 Å². The summed E-state index contributed by atoms with van der Waals surface area (Å²) in [7, 11) is 0. The smallest absolute Gasteiger partial charge is 0.318 e. The van der Waals surface area contributed by atoms with Gasteiger partial charge < -0.3 is 14.2 Å². The third kappa shape index (κ3) is 2.72. The number of rotatable bonds is 3. The van der Waals surface area contributed by atoms with Gasteiger partial charge >= 0.3 is 6.01 Å². The van der Waals surface area contributed by atoms with Gasteiger partial charge in [0.25, 0.3) is 0 Å². The number of hydrogen-bond acceptors (Lipinski definition) is 5. The number of anilines is 1. The minimum Gasteiger partial charge on any atom is -0.408 e. The molecule has 2 aliphatic heterocycles. The van der Waals surface area contributed by atoms with Crippen LogP contribution >= 0.6 is 0 Å². The Balaban J connectivity index is 1.48. The van der Waals surface area contributed by atoms with Gasteiger partial charge in [-0.2, -0.15) is 0 Å². The highest BCUT2D eigenvalue weighted by atomic mass is 16.4. The zero-order valence-corrected chi connectivity index (χ0v) is 14.0. The maximum atomic E-state index is 12.0. The summed E-state index contributed by atoms with van der Waals surface area (Å²) < 4.78 is 5.96. The van der Waals surface area contributed by atoms with Gasteiger partial charge in [0.2, 0.25) is 11.8 Å². The summed E-state index contributed by atoms with van der Waals surface area (Å²) >= 11 is 0. The molecule has 2 saturated heterocycles. The lowest BCUT2D eigenvalue weighted by atomic mass is 9.73. The van der Waals surface area contributed by atoms with Crippen molar-refractivity contribution < 1.29 is 9.21 Å². The highest BCUT2D eigenvalue weighted by Crippen LogP contribution is 2.41. The van der Waals surface area contributed by atoms with E-state index >= 15 is 0 Å². The second-order valence-corrected chi connectivity index (χ2v) is 7.48. The molecule has 6 heteroatoms. The fourth-order valence-electron chi connectivity index (χ4n) is 4.27. The molecular weight excluding hydrogens is 292 g/mol. The highest BCUT2D eigenvalue weighted by molar-refractivity contribution is 5.77. The predicted molar refractivity (Wildman–Crippen MR) is 86.3 cm³/mol. The molecule has 3 fully saturated rings. The molecule has 1 aromatic rings. The van der Waals surface area contributed by atoms with Crippen LogP contribution in [0.4, 0.5) is 6.01 Å². The minimum atomic E-state index is 0.202. The maximum absolute atomic E-state index is 12.0. The van der Waals surface area contributed by atoms with Crippen molar-refractivity contribution in [2.75, 3.05) is 31.1 Å². The van der Waals surface area contributed by atoms with Crippen molar-refractivity contribution in [2.45, 2.75) is 57.8 Å². The fraction of sp³-hybridized carbons (Fsp3) is 0.824. The van der Waals surface area contributed by atoms with E-state index in [0.29, 0.717) is 24.3 Å². The molecule has 1 atom stereocenters.